The molecule has 0 amide bonds. The molecule has 0 saturated carbocycles. The van der Waals surface area contributed by atoms with Crippen molar-refractivity contribution in [1.29, 1.82) is 0 Å². The van der Waals surface area contributed by atoms with Crippen molar-refractivity contribution in [3.8, 4) is 0 Å². The van der Waals surface area contributed by atoms with Crippen LogP contribution in [0, 0.1) is 0 Å². The summed E-state index contributed by atoms with van der Waals surface area (Å²) >= 11 is 2.12. The molecule has 2 fully saturated rings. The predicted molar refractivity (Wildman–Crippen MR) is 159 cm³/mol. The van der Waals surface area contributed by atoms with E-state index in [4.69, 9.17) is 0 Å². The van der Waals surface area contributed by atoms with Crippen LogP contribution in [0.15, 0.2) is 0 Å². The van der Waals surface area contributed by atoms with Gasteiger partial charge in [-0.3, -0.25) is 0 Å². The lowest BCUT2D eigenvalue weighted by Gasteiger charge is -2.52. The van der Waals surface area contributed by atoms with Gasteiger partial charge in [0.1, 0.15) is 0 Å². The third-order valence-electron chi connectivity index (χ3n) is 10.4. The molecule has 35 heavy (non-hydrogen) atoms. The normalized spacial score (nSPS) is 24.0. The Morgan fingerprint density at radius 2 is 0.771 bits per heavy atom. The van der Waals surface area contributed by atoms with Crippen LogP contribution in [-0.2, 0) is 0 Å². The molecule has 0 spiro atoms. The molecule has 2 saturated heterocycles. The molecule has 208 valence electrons. The highest BCUT2D eigenvalue weighted by molar-refractivity contribution is 7.99. The largest absolute Gasteiger partial charge is 0.313 e. The second-order valence-electron chi connectivity index (χ2n) is 11.9. The summed E-state index contributed by atoms with van der Waals surface area (Å²) in [7, 11) is 0. The average molecular weight is 511 g/mol. The quantitative estimate of drug-likeness (QED) is 0.175. The van der Waals surface area contributed by atoms with Crippen molar-refractivity contribution in [3.63, 3.8) is 0 Å². The molecule has 0 atom stereocenters. The maximum absolute atomic E-state index is 4.13. The highest BCUT2D eigenvalue weighted by atomic mass is 32.2. The Bertz CT molecular complexity index is 489. The van der Waals surface area contributed by atoms with Gasteiger partial charge in [0, 0.05) is 58.8 Å². The van der Waals surface area contributed by atoms with Crippen LogP contribution >= 0.6 is 11.8 Å². The zero-order chi connectivity index (χ0) is 26.0. The number of hydrogen-bond donors (Lipinski definition) is 4. The first-order valence-corrected chi connectivity index (χ1v) is 16.5. The van der Waals surface area contributed by atoms with Crippen molar-refractivity contribution in [1.82, 2.24) is 21.3 Å². The van der Waals surface area contributed by atoms with Crippen molar-refractivity contribution in [2.45, 2.75) is 167 Å². The molecule has 2 heterocycles. The van der Waals surface area contributed by atoms with Gasteiger partial charge in [-0.25, -0.2) is 0 Å². The second kappa shape index (κ2) is 14.4. The molecular weight excluding hydrogens is 448 g/mol. The van der Waals surface area contributed by atoms with Gasteiger partial charge in [-0.15, -0.1) is 0 Å². The number of rotatable bonds is 16. The minimum absolute atomic E-state index is 0.312. The summed E-state index contributed by atoms with van der Waals surface area (Å²) < 4.78 is 0. The molecule has 0 bridgehead atoms. The zero-order valence-electron chi connectivity index (χ0n) is 24.9. The molecule has 5 heteroatoms. The minimum atomic E-state index is 0.312. The molecule has 2 aliphatic rings. The molecule has 2 rings (SSSR count). The van der Waals surface area contributed by atoms with E-state index in [1.54, 1.807) is 0 Å². The Kier molecular flexibility index (Phi) is 12.9. The lowest BCUT2D eigenvalue weighted by Crippen LogP contribution is -2.65. The van der Waals surface area contributed by atoms with Crippen LogP contribution < -0.4 is 21.3 Å². The summed E-state index contributed by atoms with van der Waals surface area (Å²) in [5, 5.41) is 16.2. The highest BCUT2D eigenvalue weighted by Crippen LogP contribution is 2.38. The molecule has 0 unspecified atom stereocenters. The van der Waals surface area contributed by atoms with Crippen LogP contribution in [-0.4, -0.2) is 58.8 Å². The average Bonchev–Trinajstić information content (AvgIpc) is 2.91. The van der Waals surface area contributed by atoms with Crippen LogP contribution in [0.1, 0.15) is 132 Å². The molecule has 2 aliphatic heterocycles. The number of nitrogens with one attached hydrogen (secondary N) is 4. The Morgan fingerprint density at radius 1 is 0.514 bits per heavy atom. The number of thioether (sulfide) groups is 1. The zero-order valence-corrected chi connectivity index (χ0v) is 25.7. The van der Waals surface area contributed by atoms with Gasteiger partial charge >= 0.3 is 0 Å². The van der Waals surface area contributed by atoms with E-state index >= 15 is 0 Å². The van der Waals surface area contributed by atoms with Crippen molar-refractivity contribution < 1.29 is 0 Å². The molecular formula is C30H62N4S. The van der Waals surface area contributed by atoms with Gasteiger partial charge in [0.25, 0.3) is 0 Å². The van der Waals surface area contributed by atoms with Crippen LogP contribution in [0.4, 0.5) is 0 Å². The fourth-order valence-corrected chi connectivity index (χ4v) is 8.01. The van der Waals surface area contributed by atoms with Gasteiger partial charge in [-0.2, -0.15) is 11.8 Å². The maximum atomic E-state index is 4.13. The Hall–Kier alpha value is 0.190. The Balaban J connectivity index is 1.76. The van der Waals surface area contributed by atoms with Gasteiger partial charge in [0.05, 0.1) is 0 Å². The van der Waals surface area contributed by atoms with E-state index in [1.165, 1.54) is 88.6 Å². The van der Waals surface area contributed by atoms with E-state index in [9.17, 15) is 0 Å². The van der Waals surface area contributed by atoms with Crippen LogP contribution in [0.5, 0.6) is 0 Å². The Labute approximate surface area is 224 Å². The maximum Gasteiger partial charge on any atom is 0.0196 e. The number of hydrogen-bond acceptors (Lipinski definition) is 5. The van der Waals surface area contributed by atoms with E-state index in [0.717, 1.165) is 13.1 Å². The smallest absolute Gasteiger partial charge is 0.0196 e. The SMILES string of the molecule is CCC1(CC)CC(NCCSCCNC2CC(CC)(CC)NC(CC)(CC)C2)CC(CC)(CC)N1. The fraction of sp³-hybridized carbons (Fsp3) is 1.00. The van der Waals surface area contributed by atoms with E-state index in [2.05, 4.69) is 88.4 Å². The standard InChI is InChI=1S/C30H62N4S/c1-9-27(10-2)21-25(22-28(11-3,12-4)33-27)31-17-19-35-20-18-32-26-23-29(13-5,14-6)34-30(15-7,16-8)24-26/h25-26,31-34H,9-24H2,1-8H3. The molecule has 4 N–H and O–H groups in total. The molecule has 0 aromatic rings. The van der Waals surface area contributed by atoms with Crippen molar-refractivity contribution in [2.24, 2.45) is 0 Å². The predicted octanol–water partition coefficient (Wildman–Crippen LogP) is 6.64. The minimum Gasteiger partial charge on any atom is -0.313 e. The summed E-state index contributed by atoms with van der Waals surface area (Å²) in [5.41, 5.74) is 1.25. The summed E-state index contributed by atoms with van der Waals surface area (Å²) in [5.74, 6) is 2.44. The molecule has 0 aromatic carbocycles. The first kappa shape index (κ1) is 31.4. The van der Waals surface area contributed by atoms with Gasteiger partial charge in [0.15, 0.2) is 0 Å². The van der Waals surface area contributed by atoms with Crippen molar-refractivity contribution >= 4 is 11.8 Å². The van der Waals surface area contributed by atoms with E-state index in [0.29, 0.717) is 34.2 Å². The monoisotopic (exact) mass is 510 g/mol. The van der Waals surface area contributed by atoms with Crippen LogP contribution in [0.2, 0.25) is 0 Å². The van der Waals surface area contributed by atoms with Crippen LogP contribution in [0.25, 0.3) is 0 Å². The van der Waals surface area contributed by atoms with Crippen molar-refractivity contribution in [2.75, 3.05) is 24.6 Å². The summed E-state index contributed by atoms with van der Waals surface area (Å²) in [6.45, 7) is 21.2. The van der Waals surface area contributed by atoms with Gasteiger partial charge in [0.2, 0.25) is 0 Å². The molecule has 0 radical (unpaired) electrons. The summed E-state index contributed by atoms with van der Waals surface area (Å²) in [6, 6.07) is 1.30. The molecule has 0 aromatic heterocycles. The molecule has 0 aliphatic carbocycles. The van der Waals surface area contributed by atoms with Crippen molar-refractivity contribution in [3.05, 3.63) is 0 Å². The van der Waals surface area contributed by atoms with E-state index in [1.807, 2.05) is 0 Å². The third-order valence-corrected chi connectivity index (χ3v) is 11.4. The lowest BCUT2D eigenvalue weighted by molar-refractivity contribution is 0.0847. The lowest BCUT2D eigenvalue weighted by atomic mass is 9.71. The molecule has 4 nitrogen and oxygen atoms in total. The highest BCUT2D eigenvalue weighted by Gasteiger charge is 2.45. The summed E-state index contributed by atoms with van der Waals surface area (Å²) in [6.07, 6.45) is 14.9. The van der Waals surface area contributed by atoms with Gasteiger partial charge < -0.3 is 21.3 Å². The fourth-order valence-electron chi connectivity index (χ4n) is 7.28. The van der Waals surface area contributed by atoms with Gasteiger partial charge in [-0.05, 0) is 77.0 Å². The van der Waals surface area contributed by atoms with E-state index in [-0.39, 0.29) is 0 Å². The number of piperidine rings is 2. The first-order valence-electron chi connectivity index (χ1n) is 15.4. The Morgan fingerprint density at radius 3 is 1.00 bits per heavy atom. The van der Waals surface area contributed by atoms with Gasteiger partial charge in [-0.1, -0.05) is 55.4 Å². The second-order valence-corrected chi connectivity index (χ2v) is 13.2. The van der Waals surface area contributed by atoms with E-state index < -0.39 is 0 Å². The first-order chi connectivity index (χ1) is 16.8. The summed E-state index contributed by atoms with van der Waals surface area (Å²) in [4.78, 5) is 0. The third kappa shape index (κ3) is 8.09. The topological polar surface area (TPSA) is 48.1 Å². The van der Waals surface area contributed by atoms with Crippen LogP contribution in [0.3, 0.4) is 0 Å².